The fraction of sp³-hybridized carbons (Fsp3) is 0.286. The lowest BCUT2D eigenvalue weighted by atomic mass is 9.88. The van der Waals surface area contributed by atoms with Gasteiger partial charge in [-0.15, -0.1) is 0 Å². The predicted octanol–water partition coefficient (Wildman–Crippen LogP) is 3.54. The highest BCUT2D eigenvalue weighted by Crippen LogP contribution is 2.37. The Hall–Kier alpha value is -2.93. The summed E-state index contributed by atoms with van der Waals surface area (Å²) >= 11 is 0. The van der Waals surface area contributed by atoms with Gasteiger partial charge in [-0.2, -0.15) is 5.26 Å². The molecule has 25 heavy (non-hydrogen) atoms. The van der Waals surface area contributed by atoms with Crippen molar-refractivity contribution in [2.45, 2.75) is 32.1 Å². The van der Waals surface area contributed by atoms with E-state index in [9.17, 15) is 10.1 Å². The van der Waals surface area contributed by atoms with Gasteiger partial charge in [-0.1, -0.05) is 24.6 Å². The van der Waals surface area contributed by atoms with Crippen LogP contribution in [0.2, 0.25) is 0 Å². The van der Waals surface area contributed by atoms with Gasteiger partial charge in [0, 0.05) is 36.1 Å². The van der Waals surface area contributed by atoms with E-state index < -0.39 is 0 Å². The highest BCUT2D eigenvalue weighted by molar-refractivity contribution is 5.87. The Morgan fingerprint density at radius 3 is 2.68 bits per heavy atom. The molecule has 0 atom stereocenters. The summed E-state index contributed by atoms with van der Waals surface area (Å²) in [5.74, 6) is 0. The van der Waals surface area contributed by atoms with Crippen molar-refractivity contribution in [3.8, 4) is 17.2 Å². The number of nitriles is 1. The maximum Gasteiger partial charge on any atom is 0.250 e. The first-order valence-corrected chi connectivity index (χ1v) is 8.70. The summed E-state index contributed by atoms with van der Waals surface area (Å²) in [5, 5.41) is 9.92. The number of pyridine rings is 2. The minimum Gasteiger partial charge on any atom is -0.318 e. The van der Waals surface area contributed by atoms with E-state index >= 15 is 0 Å². The second kappa shape index (κ2) is 6.18. The molecule has 4 rings (SSSR count). The summed E-state index contributed by atoms with van der Waals surface area (Å²) in [7, 11) is 1.75. The topological polar surface area (TPSA) is 58.7 Å². The van der Waals surface area contributed by atoms with Crippen LogP contribution in [-0.4, -0.2) is 9.55 Å². The van der Waals surface area contributed by atoms with Crippen molar-refractivity contribution in [3.05, 3.63) is 69.4 Å². The van der Waals surface area contributed by atoms with Gasteiger partial charge in [0.2, 0.25) is 5.56 Å². The van der Waals surface area contributed by atoms with E-state index in [0.717, 1.165) is 53.8 Å². The van der Waals surface area contributed by atoms with Gasteiger partial charge in [0.1, 0.15) is 6.07 Å². The Balaban J connectivity index is 2.04. The van der Waals surface area contributed by atoms with Crippen LogP contribution in [0.3, 0.4) is 0 Å². The van der Waals surface area contributed by atoms with Crippen molar-refractivity contribution in [1.29, 1.82) is 5.26 Å². The third-order valence-electron chi connectivity index (χ3n) is 5.04. The molecule has 0 saturated carbocycles. The van der Waals surface area contributed by atoms with Crippen LogP contribution in [-0.2, 0) is 19.9 Å². The second-order valence-corrected chi connectivity index (χ2v) is 6.66. The van der Waals surface area contributed by atoms with Crippen LogP contribution in [0, 0.1) is 11.3 Å². The summed E-state index contributed by atoms with van der Waals surface area (Å²) in [5.41, 5.74) is 6.52. The Labute approximate surface area is 146 Å². The average molecular weight is 329 g/mol. The van der Waals surface area contributed by atoms with Crippen LogP contribution in [0.4, 0.5) is 0 Å². The van der Waals surface area contributed by atoms with Gasteiger partial charge >= 0.3 is 0 Å². The summed E-state index contributed by atoms with van der Waals surface area (Å²) in [6.07, 6.45) is 13.1. The van der Waals surface area contributed by atoms with Crippen molar-refractivity contribution in [3.63, 3.8) is 0 Å². The summed E-state index contributed by atoms with van der Waals surface area (Å²) < 4.78 is 1.57. The number of nitrogens with zero attached hydrogens (tertiary/aromatic N) is 3. The SMILES string of the molecule is Cn1cc(-c2c(C#N)c(C3=CC=C3)nc3c2CCCCC3)ccc1=O. The van der Waals surface area contributed by atoms with E-state index in [1.807, 2.05) is 30.5 Å². The fourth-order valence-corrected chi connectivity index (χ4v) is 3.65. The second-order valence-electron chi connectivity index (χ2n) is 6.66. The van der Waals surface area contributed by atoms with E-state index in [1.165, 1.54) is 12.0 Å². The molecule has 4 nitrogen and oxygen atoms in total. The lowest BCUT2D eigenvalue weighted by Gasteiger charge is -2.19. The molecule has 0 bridgehead atoms. The number of hydrogen-bond donors (Lipinski definition) is 0. The first kappa shape index (κ1) is 15.6. The first-order valence-electron chi connectivity index (χ1n) is 8.70. The Morgan fingerprint density at radius 1 is 1.20 bits per heavy atom. The molecule has 0 saturated heterocycles. The van der Waals surface area contributed by atoms with Gasteiger partial charge in [0.25, 0.3) is 0 Å². The largest absolute Gasteiger partial charge is 0.318 e. The molecule has 4 heteroatoms. The van der Waals surface area contributed by atoms with Crippen molar-refractivity contribution in [1.82, 2.24) is 9.55 Å². The molecule has 2 aliphatic carbocycles. The molecule has 0 spiro atoms. The molecule has 0 radical (unpaired) electrons. The quantitative estimate of drug-likeness (QED) is 0.792. The number of hydrogen-bond acceptors (Lipinski definition) is 3. The van der Waals surface area contributed by atoms with Crippen molar-refractivity contribution >= 4 is 5.57 Å². The number of aromatic nitrogens is 2. The minimum atomic E-state index is -0.0488. The first-order chi connectivity index (χ1) is 12.2. The van der Waals surface area contributed by atoms with Crippen LogP contribution in [0.1, 0.15) is 41.8 Å². The molecule has 0 fully saturated rings. The molecule has 124 valence electrons. The zero-order valence-corrected chi connectivity index (χ0v) is 14.2. The summed E-state index contributed by atoms with van der Waals surface area (Å²) in [6.45, 7) is 0. The maximum atomic E-state index is 11.8. The lowest BCUT2D eigenvalue weighted by molar-refractivity contribution is 0.708. The molecule has 0 aromatic carbocycles. The molecular weight excluding hydrogens is 310 g/mol. The van der Waals surface area contributed by atoms with Gasteiger partial charge in [0.05, 0.1) is 11.3 Å². The standard InChI is InChI=1S/C21H19N3O/c1-24-13-15(10-11-19(24)25)20-16-8-3-2-4-9-18(16)23-21(17(20)12-22)14-6-5-7-14/h5-7,10-11,13H,2-4,8-9H2,1H3. The third kappa shape index (κ3) is 2.62. The molecule has 2 aromatic heterocycles. The Morgan fingerprint density at radius 2 is 2.00 bits per heavy atom. The van der Waals surface area contributed by atoms with Crippen molar-refractivity contribution < 1.29 is 0 Å². The van der Waals surface area contributed by atoms with Gasteiger partial charge in [-0.25, -0.2) is 0 Å². The van der Waals surface area contributed by atoms with Crippen molar-refractivity contribution in [2.24, 2.45) is 7.05 Å². The van der Waals surface area contributed by atoms with Gasteiger partial charge in [-0.3, -0.25) is 9.78 Å². The van der Waals surface area contributed by atoms with Gasteiger partial charge in [-0.05, 0) is 42.9 Å². The highest BCUT2D eigenvalue weighted by atomic mass is 16.1. The van der Waals surface area contributed by atoms with Crippen LogP contribution in [0.25, 0.3) is 16.7 Å². The summed E-state index contributed by atoms with van der Waals surface area (Å²) in [6, 6.07) is 5.80. The predicted molar refractivity (Wildman–Crippen MR) is 98.0 cm³/mol. The molecule has 2 aromatic rings. The van der Waals surface area contributed by atoms with E-state index in [0.29, 0.717) is 5.56 Å². The van der Waals surface area contributed by atoms with E-state index in [1.54, 1.807) is 17.7 Å². The van der Waals surface area contributed by atoms with Crippen molar-refractivity contribution in [2.75, 3.05) is 0 Å². The van der Waals surface area contributed by atoms with Crippen LogP contribution in [0.15, 0.2) is 41.4 Å². The van der Waals surface area contributed by atoms with Crippen LogP contribution in [0.5, 0.6) is 0 Å². The van der Waals surface area contributed by atoms with Gasteiger partial charge in [0.15, 0.2) is 0 Å². The number of aryl methyl sites for hydroxylation is 2. The number of rotatable bonds is 2. The zero-order chi connectivity index (χ0) is 17.4. The normalized spacial score (nSPS) is 15.6. The number of fused-ring (bicyclic) bond motifs is 1. The fourth-order valence-electron chi connectivity index (χ4n) is 3.65. The Kier molecular flexibility index (Phi) is 3.85. The van der Waals surface area contributed by atoms with Crippen LogP contribution < -0.4 is 5.56 Å². The molecule has 0 amide bonds. The maximum absolute atomic E-state index is 11.8. The molecule has 2 aliphatic rings. The van der Waals surface area contributed by atoms with E-state index in [4.69, 9.17) is 4.98 Å². The Bertz CT molecular complexity index is 1020. The van der Waals surface area contributed by atoms with E-state index in [-0.39, 0.29) is 5.56 Å². The summed E-state index contributed by atoms with van der Waals surface area (Å²) in [4.78, 5) is 16.7. The minimum absolute atomic E-state index is 0.0488. The smallest absolute Gasteiger partial charge is 0.250 e. The molecule has 0 aliphatic heterocycles. The molecular formula is C21H19N3O. The highest BCUT2D eigenvalue weighted by Gasteiger charge is 2.24. The lowest BCUT2D eigenvalue weighted by Crippen LogP contribution is -2.15. The number of allylic oxidation sites excluding steroid dienone is 4. The molecule has 0 unspecified atom stereocenters. The van der Waals surface area contributed by atoms with Crippen LogP contribution >= 0.6 is 0 Å². The molecule has 0 N–H and O–H groups in total. The monoisotopic (exact) mass is 329 g/mol. The van der Waals surface area contributed by atoms with Gasteiger partial charge < -0.3 is 4.57 Å². The zero-order valence-electron chi connectivity index (χ0n) is 14.2. The third-order valence-corrected chi connectivity index (χ3v) is 5.04. The average Bonchev–Trinajstić information content (AvgIpc) is 2.80. The molecule has 2 heterocycles. The van der Waals surface area contributed by atoms with E-state index in [2.05, 4.69) is 6.07 Å².